The van der Waals surface area contributed by atoms with E-state index in [0.29, 0.717) is 0 Å². The molecule has 1 unspecified atom stereocenters. The van der Waals surface area contributed by atoms with E-state index in [1.54, 1.807) is 0 Å². The Morgan fingerprint density at radius 2 is 2.07 bits per heavy atom. The molecule has 3 N–H and O–H groups in total. The third kappa shape index (κ3) is 2.80. The van der Waals surface area contributed by atoms with Crippen molar-refractivity contribution in [2.45, 2.75) is 12.3 Å². The molecule has 0 aliphatic rings. The molecule has 15 heavy (non-hydrogen) atoms. The van der Waals surface area contributed by atoms with Crippen LogP contribution in [0.2, 0.25) is 5.15 Å². The number of alkyl halides is 3. The van der Waals surface area contributed by atoms with Gasteiger partial charge in [-0.3, -0.25) is 0 Å². The quantitative estimate of drug-likeness (QED) is 0.775. The van der Waals surface area contributed by atoms with E-state index >= 15 is 0 Å². The van der Waals surface area contributed by atoms with Crippen LogP contribution in [0.15, 0.2) is 12.1 Å². The fourth-order valence-electron chi connectivity index (χ4n) is 0.978. The van der Waals surface area contributed by atoms with Crippen molar-refractivity contribution in [3.63, 3.8) is 0 Å². The zero-order valence-electron chi connectivity index (χ0n) is 7.42. The smallest absolute Gasteiger partial charge is 0.387 e. The Kier molecular flexibility index (Phi) is 3.54. The van der Waals surface area contributed by atoms with Crippen molar-refractivity contribution in [1.82, 2.24) is 4.98 Å². The van der Waals surface area contributed by atoms with Crippen LogP contribution in [0.5, 0.6) is 0 Å². The highest BCUT2D eigenvalue weighted by Gasteiger charge is 2.33. The lowest BCUT2D eigenvalue weighted by Gasteiger charge is -2.11. The number of pyridine rings is 1. The molecule has 0 aliphatic carbocycles. The van der Waals surface area contributed by atoms with Gasteiger partial charge in [0.25, 0.3) is 0 Å². The van der Waals surface area contributed by atoms with Gasteiger partial charge in [0.1, 0.15) is 10.8 Å². The molecule has 0 aliphatic heterocycles. The van der Waals surface area contributed by atoms with E-state index < -0.39 is 18.0 Å². The molecule has 0 spiro atoms. The van der Waals surface area contributed by atoms with Crippen LogP contribution < -0.4 is 5.73 Å². The maximum atomic E-state index is 12.2. The molecule has 1 aromatic rings. The number of aromatic nitrogens is 1. The minimum atomic E-state index is -4.55. The van der Waals surface area contributed by atoms with Crippen LogP contribution in [0.4, 0.5) is 13.2 Å². The Morgan fingerprint density at radius 3 is 2.47 bits per heavy atom. The summed E-state index contributed by atoms with van der Waals surface area (Å²) in [7, 11) is 0. The summed E-state index contributed by atoms with van der Waals surface area (Å²) in [6, 6.07) is 1.82. The van der Waals surface area contributed by atoms with Gasteiger partial charge >= 0.3 is 6.18 Å². The van der Waals surface area contributed by atoms with Gasteiger partial charge in [-0.05, 0) is 6.07 Å². The summed E-state index contributed by atoms with van der Waals surface area (Å²) < 4.78 is 36.5. The van der Waals surface area contributed by atoms with E-state index in [2.05, 4.69) is 4.98 Å². The highest BCUT2D eigenvalue weighted by atomic mass is 35.5. The van der Waals surface area contributed by atoms with E-state index in [1.165, 1.54) is 0 Å². The third-order valence-corrected chi connectivity index (χ3v) is 2.05. The first-order valence-electron chi connectivity index (χ1n) is 3.98. The van der Waals surface area contributed by atoms with Gasteiger partial charge in [-0.1, -0.05) is 17.7 Å². The molecule has 0 saturated heterocycles. The predicted molar refractivity (Wildman–Crippen MR) is 48.3 cm³/mol. The number of hydrogen-bond donors (Lipinski definition) is 2. The number of hydrogen-bond acceptors (Lipinski definition) is 3. The standard InChI is InChI=1S/C8H8ClF3N2O/c9-7-4(5(15)3-13)1-2-6(14-7)8(10,11)12/h1-2,5,15H,3,13H2. The average Bonchev–Trinajstić information content (AvgIpc) is 2.15. The van der Waals surface area contributed by atoms with Crippen molar-refractivity contribution in [3.8, 4) is 0 Å². The highest BCUT2D eigenvalue weighted by molar-refractivity contribution is 6.30. The minimum Gasteiger partial charge on any atom is -0.387 e. The second-order valence-electron chi connectivity index (χ2n) is 2.83. The van der Waals surface area contributed by atoms with Gasteiger partial charge in [0, 0.05) is 12.1 Å². The number of halogens is 4. The summed E-state index contributed by atoms with van der Waals surface area (Å²) >= 11 is 5.48. The summed E-state index contributed by atoms with van der Waals surface area (Å²) in [5.74, 6) is 0. The molecule has 0 amide bonds. The number of aliphatic hydroxyl groups excluding tert-OH is 1. The van der Waals surface area contributed by atoms with Crippen LogP contribution >= 0.6 is 11.6 Å². The lowest BCUT2D eigenvalue weighted by Crippen LogP contribution is -2.14. The SMILES string of the molecule is NCC(O)c1ccc(C(F)(F)F)nc1Cl. The third-order valence-electron chi connectivity index (χ3n) is 1.75. The van der Waals surface area contributed by atoms with Crippen LogP contribution in [-0.2, 0) is 6.18 Å². The van der Waals surface area contributed by atoms with Crippen molar-refractivity contribution < 1.29 is 18.3 Å². The van der Waals surface area contributed by atoms with E-state index in [4.69, 9.17) is 17.3 Å². The van der Waals surface area contributed by atoms with Crippen molar-refractivity contribution in [1.29, 1.82) is 0 Å². The fraction of sp³-hybridized carbons (Fsp3) is 0.375. The maximum absolute atomic E-state index is 12.2. The number of rotatable bonds is 2. The lowest BCUT2D eigenvalue weighted by atomic mass is 10.1. The van der Waals surface area contributed by atoms with Crippen molar-refractivity contribution in [3.05, 3.63) is 28.5 Å². The number of aliphatic hydroxyl groups is 1. The van der Waals surface area contributed by atoms with Gasteiger partial charge in [-0.25, -0.2) is 4.98 Å². The van der Waals surface area contributed by atoms with Crippen LogP contribution in [0.3, 0.4) is 0 Å². The summed E-state index contributed by atoms with van der Waals surface area (Å²) in [5, 5.41) is 8.89. The molecule has 84 valence electrons. The number of nitrogens with zero attached hydrogens (tertiary/aromatic N) is 1. The molecule has 3 nitrogen and oxygen atoms in total. The average molecular weight is 241 g/mol. The maximum Gasteiger partial charge on any atom is 0.433 e. The van der Waals surface area contributed by atoms with Crippen LogP contribution in [0.1, 0.15) is 17.4 Å². The van der Waals surface area contributed by atoms with Crippen LogP contribution in [0, 0.1) is 0 Å². The van der Waals surface area contributed by atoms with Gasteiger partial charge in [0.15, 0.2) is 0 Å². The molecule has 0 fully saturated rings. The minimum absolute atomic E-state index is 0.0900. The molecule has 1 aromatic heterocycles. The molecule has 7 heteroatoms. The first kappa shape index (κ1) is 12.2. The summed E-state index contributed by atoms with van der Waals surface area (Å²) in [4.78, 5) is 3.14. The first-order chi connectivity index (χ1) is 6.86. The topological polar surface area (TPSA) is 59.1 Å². The monoisotopic (exact) mass is 240 g/mol. The zero-order chi connectivity index (χ0) is 11.6. The Hall–Kier alpha value is -0.850. The molecule has 0 aromatic carbocycles. The molecule has 1 atom stereocenters. The predicted octanol–water partition coefficient (Wildman–Crippen LogP) is 1.75. The Balaban J connectivity index is 3.09. The normalized spacial score (nSPS) is 14.0. The molecular formula is C8H8ClF3N2O. The molecule has 1 rings (SSSR count). The molecule has 1 heterocycles. The van der Waals surface area contributed by atoms with Crippen molar-refractivity contribution in [2.24, 2.45) is 5.73 Å². The van der Waals surface area contributed by atoms with Gasteiger partial charge < -0.3 is 10.8 Å². The van der Waals surface area contributed by atoms with E-state index in [9.17, 15) is 18.3 Å². The molecule has 0 radical (unpaired) electrons. The lowest BCUT2D eigenvalue weighted by molar-refractivity contribution is -0.141. The van der Waals surface area contributed by atoms with Gasteiger partial charge in [-0.15, -0.1) is 0 Å². The molecule has 0 saturated carbocycles. The highest BCUT2D eigenvalue weighted by Crippen LogP contribution is 2.30. The zero-order valence-corrected chi connectivity index (χ0v) is 8.18. The van der Waals surface area contributed by atoms with Crippen molar-refractivity contribution in [2.75, 3.05) is 6.54 Å². The Labute approximate surface area is 88.7 Å². The molecule has 0 bridgehead atoms. The second-order valence-corrected chi connectivity index (χ2v) is 3.18. The van der Waals surface area contributed by atoms with Crippen LogP contribution in [0.25, 0.3) is 0 Å². The summed E-state index contributed by atoms with van der Waals surface area (Å²) in [6.45, 7) is -0.132. The Bertz CT molecular complexity index is 356. The van der Waals surface area contributed by atoms with Gasteiger partial charge in [0.2, 0.25) is 0 Å². The first-order valence-corrected chi connectivity index (χ1v) is 4.36. The fourth-order valence-corrected chi connectivity index (χ4v) is 1.26. The van der Waals surface area contributed by atoms with Gasteiger partial charge in [0.05, 0.1) is 6.10 Å². The van der Waals surface area contributed by atoms with E-state index in [-0.39, 0.29) is 17.3 Å². The Morgan fingerprint density at radius 1 is 1.47 bits per heavy atom. The summed E-state index contributed by atoms with van der Waals surface area (Å²) in [5.41, 5.74) is 4.13. The number of nitrogens with two attached hydrogens (primary N) is 1. The second kappa shape index (κ2) is 4.34. The summed E-state index contributed by atoms with van der Waals surface area (Å²) in [6.07, 6.45) is -5.65. The van der Waals surface area contributed by atoms with Crippen LogP contribution in [-0.4, -0.2) is 16.6 Å². The molecular weight excluding hydrogens is 233 g/mol. The van der Waals surface area contributed by atoms with E-state index in [0.717, 1.165) is 12.1 Å². The van der Waals surface area contributed by atoms with Gasteiger partial charge in [-0.2, -0.15) is 13.2 Å². The largest absolute Gasteiger partial charge is 0.433 e. The van der Waals surface area contributed by atoms with E-state index in [1.807, 2.05) is 0 Å². The van der Waals surface area contributed by atoms with Crippen molar-refractivity contribution >= 4 is 11.6 Å².